The molecule has 0 aliphatic carbocycles. The van der Waals surface area contributed by atoms with Crippen LogP contribution in [0.3, 0.4) is 0 Å². The van der Waals surface area contributed by atoms with Crippen LogP contribution in [0.5, 0.6) is 0 Å². The second-order valence-corrected chi connectivity index (χ2v) is 5.62. The van der Waals surface area contributed by atoms with Crippen LogP contribution in [0.4, 0.5) is 0 Å². The summed E-state index contributed by atoms with van der Waals surface area (Å²) in [4.78, 5) is 18.6. The molecule has 1 amide bonds. The molecule has 2 heterocycles. The Morgan fingerprint density at radius 3 is 2.89 bits per heavy atom. The lowest BCUT2D eigenvalue weighted by Crippen LogP contribution is -2.48. The molecule has 1 unspecified atom stereocenters. The van der Waals surface area contributed by atoms with Crippen LogP contribution in [0.25, 0.3) is 0 Å². The molecule has 1 atom stereocenters. The molecule has 1 saturated heterocycles. The highest BCUT2D eigenvalue weighted by Crippen LogP contribution is 2.13. The minimum absolute atomic E-state index is 0.0305. The zero-order valence-electron chi connectivity index (χ0n) is 12.1. The molecule has 1 aliphatic heterocycles. The van der Waals surface area contributed by atoms with Crippen LogP contribution in [0.15, 0.2) is 12.5 Å². The SMILES string of the molecule is CC(C)N(CC1CCCCN1)C(=O)c1cn(C)cn1. The summed E-state index contributed by atoms with van der Waals surface area (Å²) in [5.74, 6) is 0.0305. The van der Waals surface area contributed by atoms with Gasteiger partial charge in [-0.1, -0.05) is 6.42 Å². The summed E-state index contributed by atoms with van der Waals surface area (Å²) in [7, 11) is 1.88. The van der Waals surface area contributed by atoms with Gasteiger partial charge >= 0.3 is 0 Å². The van der Waals surface area contributed by atoms with Gasteiger partial charge in [0.05, 0.1) is 6.33 Å². The maximum Gasteiger partial charge on any atom is 0.274 e. The van der Waals surface area contributed by atoms with Gasteiger partial charge in [-0.15, -0.1) is 0 Å². The van der Waals surface area contributed by atoms with E-state index in [2.05, 4.69) is 24.1 Å². The number of nitrogens with one attached hydrogen (secondary N) is 1. The van der Waals surface area contributed by atoms with E-state index in [4.69, 9.17) is 0 Å². The van der Waals surface area contributed by atoms with Gasteiger partial charge in [0.1, 0.15) is 5.69 Å². The third-order valence-corrected chi connectivity index (χ3v) is 3.64. The van der Waals surface area contributed by atoms with Crippen LogP contribution in [0.2, 0.25) is 0 Å². The van der Waals surface area contributed by atoms with E-state index in [1.807, 2.05) is 16.5 Å². The van der Waals surface area contributed by atoms with E-state index in [0.717, 1.165) is 19.5 Å². The van der Waals surface area contributed by atoms with Crippen molar-refractivity contribution in [1.82, 2.24) is 19.8 Å². The zero-order chi connectivity index (χ0) is 13.8. The highest BCUT2D eigenvalue weighted by molar-refractivity contribution is 5.92. The molecule has 1 aromatic heterocycles. The molecule has 5 heteroatoms. The molecule has 2 rings (SSSR count). The van der Waals surface area contributed by atoms with Gasteiger partial charge in [0.2, 0.25) is 0 Å². The van der Waals surface area contributed by atoms with E-state index in [9.17, 15) is 4.79 Å². The summed E-state index contributed by atoms with van der Waals surface area (Å²) >= 11 is 0. The predicted octanol–water partition coefficient (Wildman–Crippen LogP) is 1.41. The first-order valence-corrected chi connectivity index (χ1v) is 7.10. The molecule has 1 N–H and O–H groups in total. The summed E-state index contributed by atoms with van der Waals surface area (Å²) < 4.78 is 1.81. The number of imidazole rings is 1. The van der Waals surface area contributed by atoms with Crippen molar-refractivity contribution in [3.63, 3.8) is 0 Å². The number of aryl methyl sites for hydroxylation is 1. The fraction of sp³-hybridized carbons (Fsp3) is 0.714. The van der Waals surface area contributed by atoms with E-state index in [0.29, 0.717) is 11.7 Å². The summed E-state index contributed by atoms with van der Waals surface area (Å²) in [6, 6.07) is 0.613. The van der Waals surface area contributed by atoms with Gasteiger partial charge in [0, 0.05) is 31.9 Å². The van der Waals surface area contributed by atoms with Crippen molar-refractivity contribution >= 4 is 5.91 Å². The lowest BCUT2D eigenvalue weighted by Gasteiger charge is -2.32. The lowest BCUT2D eigenvalue weighted by atomic mass is 10.0. The normalized spacial score (nSPS) is 19.7. The molecule has 0 radical (unpaired) electrons. The number of rotatable bonds is 4. The molecule has 0 aromatic carbocycles. The fourth-order valence-corrected chi connectivity index (χ4v) is 2.52. The number of aromatic nitrogens is 2. The molecule has 5 nitrogen and oxygen atoms in total. The molecule has 1 fully saturated rings. The first-order chi connectivity index (χ1) is 9.08. The Hall–Kier alpha value is -1.36. The molecule has 0 saturated carbocycles. The Labute approximate surface area is 115 Å². The summed E-state index contributed by atoms with van der Waals surface area (Å²) in [6.07, 6.45) is 7.10. The van der Waals surface area contributed by atoms with Crippen molar-refractivity contribution in [1.29, 1.82) is 0 Å². The summed E-state index contributed by atoms with van der Waals surface area (Å²) in [6.45, 7) is 5.95. The Morgan fingerprint density at radius 1 is 1.58 bits per heavy atom. The smallest absolute Gasteiger partial charge is 0.274 e. The van der Waals surface area contributed by atoms with Gasteiger partial charge in [-0.25, -0.2) is 4.98 Å². The number of hydrogen-bond donors (Lipinski definition) is 1. The van der Waals surface area contributed by atoms with E-state index < -0.39 is 0 Å². The number of carbonyl (C=O) groups excluding carboxylic acids is 1. The predicted molar refractivity (Wildman–Crippen MR) is 75.0 cm³/mol. The van der Waals surface area contributed by atoms with E-state index in [1.165, 1.54) is 12.8 Å². The van der Waals surface area contributed by atoms with Crippen LogP contribution in [-0.2, 0) is 7.05 Å². The first kappa shape index (κ1) is 14.1. The molecular formula is C14H24N4O. The van der Waals surface area contributed by atoms with Crippen LogP contribution in [0.1, 0.15) is 43.6 Å². The van der Waals surface area contributed by atoms with E-state index in [1.54, 1.807) is 12.5 Å². The van der Waals surface area contributed by atoms with Crippen LogP contribution < -0.4 is 5.32 Å². The molecule has 1 aliphatic rings. The summed E-state index contributed by atoms with van der Waals surface area (Å²) in [5, 5.41) is 3.50. The van der Waals surface area contributed by atoms with Crippen molar-refractivity contribution in [2.45, 2.75) is 45.2 Å². The topological polar surface area (TPSA) is 50.2 Å². The third kappa shape index (κ3) is 3.56. The van der Waals surface area contributed by atoms with Crippen LogP contribution in [-0.4, -0.2) is 45.5 Å². The number of nitrogens with zero attached hydrogens (tertiary/aromatic N) is 3. The summed E-state index contributed by atoms with van der Waals surface area (Å²) in [5.41, 5.74) is 0.534. The zero-order valence-corrected chi connectivity index (χ0v) is 12.1. The maximum absolute atomic E-state index is 12.5. The van der Waals surface area contributed by atoms with Gasteiger partial charge in [-0.3, -0.25) is 4.79 Å². The maximum atomic E-state index is 12.5. The third-order valence-electron chi connectivity index (χ3n) is 3.64. The molecule has 0 spiro atoms. The van der Waals surface area contributed by atoms with Gasteiger partial charge < -0.3 is 14.8 Å². The monoisotopic (exact) mass is 264 g/mol. The van der Waals surface area contributed by atoms with Gasteiger partial charge in [-0.2, -0.15) is 0 Å². The van der Waals surface area contributed by atoms with Crippen LogP contribution in [0, 0.1) is 0 Å². The quantitative estimate of drug-likeness (QED) is 0.894. The van der Waals surface area contributed by atoms with Crippen molar-refractivity contribution in [2.24, 2.45) is 7.05 Å². The Kier molecular flexibility index (Phi) is 4.58. The second-order valence-electron chi connectivity index (χ2n) is 5.62. The Balaban J connectivity index is 2.04. The highest BCUT2D eigenvalue weighted by atomic mass is 16.2. The minimum Gasteiger partial charge on any atom is -0.340 e. The Morgan fingerprint density at radius 2 is 2.37 bits per heavy atom. The number of hydrogen-bond acceptors (Lipinski definition) is 3. The average molecular weight is 264 g/mol. The number of piperidine rings is 1. The van der Waals surface area contributed by atoms with Gasteiger partial charge in [-0.05, 0) is 33.2 Å². The standard InChI is InChI=1S/C14H24N4O/c1-11(2)18(8-12-6-4-5-7-15-12)14(19)13-9-17(3)10-16-13/h9-12,15H,4-8H2,1-3H3. The molecular weight excluding hydrogens is 240 g/mol. The molecule has 106 valence electrons. The van der Waals surface area contributed by atoms with Crippen molar-refractivity contribution in [3.05, 3.63) is 18.2 Å². The number of amides is 1. The van der Waals surface area contributed by atoms with Crippen molar-refractivity contribution in [2.75, 3.05) is 13.1 Å². The van der Waals surface area contributed by atoms with E-state index in [-0.39, 0.29) is 11.9 Å². The molecule has 1 aromatic rings. The second kappa shape index (κ2) is 6.19. The first-order valence-electron chi connectivity index (χ1n) is 7.10. The lowest BCUT2D eigenvalue weighted by molar-refractivity contribution is 0.0671. The number of carbonyl (C=O) groups is 1. The molecule has 0 bridgehead atoms. The van der Waals surface area contributed by atoms with Gasteiger partial charge in [0.15, 0.2) is 0 Å². The minimum atomic E-state index is 0.0305. The largest absolute Gasteiger partial charge is 0.340 e. The highest BCUT2D eigenvalue weighted by Gasteiger charge is 2.24. The van der Waals surface area contributed by atoms with Crippen molar-refractivity contribution < 1.29 is 4.79 Å². The van der Waals surface area contributed by atoms with Gasteiger partial charge in [0.25, 0.3) is 5.91 Å². The average Bonchev–Trinajstić information content (AvgIpc) is 2.83. The van der Waals surface area contributed by atoms with E-state index >= 15 is 0 Å². The molecule has 19 heavy (non-hydrogen) atoms. The fourth-order valence-electron chi connectivity index (χ4n) is 2.52. The van der Waals surface area contributed by atoms with Crippen LogP contribution >= 0.6 is 0 Å². The Bertz CT molecular complexity index is 421. The van der Waals surface area contributed by atoms with Crippen molar-refractivity contribution in [3.8, 4) is 0 Å².